The molecule has 0 atom stereocenters. The Morgan fingerprint density at radius 1 is 1.35 bits per heavy atom. The fraction of sp³-hybridized carbons (Fsp3) is 0.167. The Morgan fingerprint density at radius 2 is 2.06 bits per heavy atom. The second-order valence-electron chi connectivity index (χ2n) is 3.29. The molecule has 0 aliphatic rings. The lowest BCUT2D eigenvalue weighted by molar-refractivity contribution is -0.213. The summed E-state index contributed by atoms with van der Waals surface area (Å²) >= 11 is 0. The highest BCUT2D eigenvalue weighted by molar-refractivity contribution is 5.94. The molecule has 2 rings (SSSR count). The van der Waals surface area contributed by atoms with Gasteiger partial charge in [-0.1, -0.05) is 0 Å². The number of ether oxygens (including phenoxy) is 1. The van der Waals surface area contributed by atoms with E-state index in [1.807, 2.05) is 0 Å². The summed E-state index contributed by atoms with van der Waals surface area (Å²) in [7, 11) is 3.02. The van der Waals surface area contributed by atoms with E-state index in [-0.39, 0.29) is 5.69 Å². The Labute approximate surface area is 98.4 Å². The smallest absolute Gasteiger partial charge is 0.182 e. The van der Waals surface area contributed by atoms with E-state index in [9.17, 15) is 5.11 Å². The van der Waals surface area contributed by atoms with Gasteiger partial charge in [0.05, 0.1) is 7.11 Å². The molecule has 1 heterocycles. The first-order chi connectivity index (χ1) is 8.26. The van der Waals surface area contributed by atoms with Crippen LogP contribution >= 0.6 is 0 Å². The number of nitrogens with zero attached hydrogens (tertiary/aromatic N) is 2. The normalized spacial score (nSPS) is 11.5. The Balaban J connectivity index is 2.42. The van der Waals surface area contributed by atoms with Crippen molar-refractivity contribution in [1.82, 2.24) is 4.98 Å². The number of hydrogen-bond acceptors (Lipinski definition) is 5. The molecule has 0 aliphatic heterocycles. The standard InChI is InChI=1S/C12H12N2O3/c1-13-12(15)10-11(17-7-14-10)8-3-5-9(16-2)6-4-8/h3-7H,1-2H3,(H,13,15)/p-1. The molecule has 0 radical (unpaired) electrons. The second-order valence-corrected chi connectivity index (χ2v) is 3.29. The lowest BCUT2D eigenvalue weighted by Gasteiger charge is -2.08. The molecular weight excluding hydrogens is 220 g/mol. The van der Waals surface area contributed by atoms with Gasteiger partial charge in [0.15, 0.2) is 12.2 Å². The minimum atomic E-state index is -0.399. The number of hydrogen-bond donors (Lipinski definition) is 0. The molecule has 5 nitrogen and oxygen atoms in total. The summed E-state index contributed by atoms with van der Waals surface area (Å²) in [6, 6.07) is 7.17. The Bertz CT molecular complexity index is 529. The van der Waals surface area contributed by atoms with Crippen LogP contribution in [0.1, 0.15) is 5.69 Å². The predicted octanol–water partition coefficient (Wildman–Crippen LogP) is 1.09. The zero-order chi connectivity index (χ0) is 12.3. The van der Waals surface area contributed by atoms with Crippen molar-refractivity contribution in [1.29, 1.82) is 0 Å². The van der Waals surface area contributed by atoms with Gasteiger partial charge in [-0.3, -0.25) is 0 Å². The van der Waals surface area contributed by atoms with E-state index < -0.39 is 5.90 Å². The average Bonchev–Trinajstić information content (AvgIpc) is 2.87. The summed E-state index contributed by atoms with van der Waals surface area (Å²) in [4.78, 5) is 7.43. The third-order valence-corrected chi connectivity index (χ3v) is 2.33. The van der Waals surface area contributed by atoms with Gasteiger partial charge >= 0.3 is 0 Å². The predicted molar refractivity (Wildman–Crippen MR) is 61.0 cm³/mol. The maximum Gasteiger partial charge on any atom is 0.182 e. The van der Waals surface area contributed by atoms with Crippen molar-refractivity contribution in [3.8, 4) is 17.1 Å². The summed E-state index contributed by atoms with van der Waals surface area (Å²) in [6.07, 6.45) is 1.23. The van der Waals surface area contributed by atoms with E-state index in [0.717, 1.165) is 11.3 Å². The maximum atomic E-state index is 11.5. The fourth-order valence-corrected chi connectivity index (χ4v) is 1.45. The van der Waals surface area contributed by atoms with Crippen molar-refractivity contribution >= 4 is 5.90 Å². The van der Waals surface area contributed by atoms with Crippen molar-refractivity contribution in [2.24, 2.45) is 4.99 Å². The summed E-state index contributed by atoms with van der Waals surface area (Å²) in [5.41, 5.74) is 0.980. The van der Waals surface area contributed by atoms with Crippen LogP contribution in [0.3, 0.4) is 0 Å². The van der Waals surface area contributed by atoms with Crippen LogP contribution in [0.5, 0.6) is 5.75 Å². The van der Waals surface area contributed by atoms with E-state index in [2.05, 4.69) is 9.98 Å². The van der Waals surface area contributed by atoms with Crippen LogP contribution in [-0.2, 0) is 0 Å². The second kappa shape index (κ2) is 4.69. The Kier molecular flexibility index (Phi) is 3.09. The number of rotatable bonds is 3. The number of aliphatic imine (C=N–C) groups is 1. The van der Waals surface area contributed by atoms with Crippen LogP contribution in [0.15, 0.2) is 40.1 Å². The fourth-order valence-electron chi connectivity index (χ4n) is 1.45. The molecule has 0 fully saturated rings. The molecule has 2 aromatic rings. The molecule has 1 aromatic heterocycles. The van der Waals surface area contributed by atoms with Crippen LogP contribution in [0, 0.1) is 0 Å². The van der Waals surface area contributed by atoms with E-state index in [0.29, 0.717) is 5.76 Å². The first kappa shape index (κ1) is 11.2. The van der Waals surface area contributed by atoms with Crippen molar-refractivity contribution < 1.29 is 14.3 Å². The molecule has 0 bridgehead atoms. The molecule has 0 unspecified atom stereocenters. The third kappa shape index (κ3) is 2.13. The topological polar surface area (TPSA) is 70.7 Å². The lowest BCUT2D eigenvalue weighted by atomic mass is 10.1. The minimum absolute atomic E-state index is 0.220. The highest BCUT2D eigenvalue weighted by Crippen LogP contribution is 2.24. The first-order valence-corrected chi connectivity index (χ1v) is 4.98. The Morgan fingerprint density at radius 3 is 2.65 bits per heavy atom. The highest BCUT2D eigenvalue weighted by Gasteiger charge is 2.10. The molecule has 17 heavy (non-hydrogen) atoms. The molecule has 0 spiro atoms. The summed E-state index contributed by atoms with van der Waals surface area (Å²) in [5.74, 6) is 0.758. The molecular formula is C12H11N2O3-. The quantitative estimate of drug-likeness (QED) is 0.585. The monoisotopic (exact) mass is 231 g/mol. The van der Waals surface area contributed by atoms with Crippen molar-refractivity contribution in [3.05, 3.63) is 36.4 Å². The summed E-state index contributed by atoms with van der Waals surface area (Å²) < 4.78 is 10.3. The largest absolute Gasteiger partial charge is 0.857 e. The van der Waals surface area contributed by atoms with Crippen LogP contribution < -0.4 is 9.84 Å². The summed E-state index contributed by atoms with van der Waals surface area (Å²) in [6.45, 7) is 0. The molecule has 5 heteroatoms. The Hall–Kier alpha value is -2.30. The third-order valence-electron chi connectivity index (χ3n) is 2.33. The zero-order valence-electron chi connectivity index (χ0n) is 9.51. The van der Waals surface area contributed by atoms with Gasteiger partial charge in [-0.05, 0) is 24.3 Å². The molecule has 0 saturated heterocycles. The molecule has 0 amide bonds. The van der Waals surface area contributed by atoms with Crippen molar-refractivity contribution in [2.45, 2.75) is 0 Å². The van der Waals surface area contributed by atoms with E-state index in [4.69, 9.17) is 9.15 Å². The molecule has 88 valence electrons. The number of methoxy groups -OCH3 is 1. The van der Waals surface area contributed by atoms with Crippen LogP contribution in [-0.4, -0.2) is 25.0 Å². The van der Waals surface area contributed by atoms with Crippen molar-refractivity contribution in [3.63, 3.8) is 0 Å². The van der Waals surface area contributed by atoms with Crippen LogP contribution in [0.25, 0.3) is 11.3 Å². The van der Waals surface area contributed by atoms with E-state index in [1.165, 1.54) is 13.4 Å². The lowest BCUT2D eigenvalue weighted by Crippen LogP contribution is -2.19. The molecule has 0 N–H and O–H groups in total. The van der Waals surface area contributed by atoms with Gasteiger partial charge in [0, 0.05) is 18.5 Å². The van der Waals surface area contributed by atoms with E-state index in [1.54, 1.807) is 31.4 Å². The molecule has 1 aromatic carbocycles. The summed E-state index contributed by atoms with van der Waals surface area (Å²) in [5, 5.41) is 11.5. The molecule has 0 aliphatic carbocycles. The van der Waals surface area contributed by atoms with E-state index >= 15 is 0 Å². The minimum Gasteiger partial charge on any atom is -0.857 e. The number of benzene rings is 1. The highest BCUT2D eigenvalue weighted by atomic mass is 16.5. The first-order valence-electron chi connectivity index (χ1n) is 4.98. The molecule has 0 saturated carbocycles. The van der Waals surface area contributed by atoms with Gasteiger partial charge < -0.3 is 19.3 Å². The maximum absolute atomic E-state index is 11.5. The van der Waals surface area contributed by atoms with Crippen LogP contribution in [0.4, 0.5) is 0 Å². The van der Waals surface area contributed by atoms with Gasteiger partial charge in [0.2, 0.25) is 0 Å². The number of aromatic nitrogens is 1. The number of oxazole rings is 1. The van der Waals surface area contributed by atoms with Crippen molar-refractivity contribution in [2.75, 3.05) is 14.2 Å². The van der Waals surface area contributed by atoms with Gasteiger partial charge in [-0.2, -0.15) is 0 Å². The van der Waals surface area contributed by atoms with Crippen LogP contribution in [0.2, 0.25) is 0 Å². The van der Waals surface area contributed by atoms with Gasteiger partial charge in [-0.15, -0.1) is 0 Å². The van der Waals surface area contributed by atoms with Gasteiger partial charge in [-0.25, -0.2) is 4.98 Å². The average molecular weight is 231 g/mol. The SMILES string of the molecule is CN=C([O-])c1ncoc1-c1ccc(OC)cc1. The zero-order valence-corrected chi connectivity index (χ0v) is 9.51. The van der Waals surface area contributed by atoms with Gasteiger partial charge in [0.25, 0.3) is 0 Å². The van der Waals surface area contributed by atoms with Gasteiger partial charge in [0.1, 0.15) is 11.4 Å².